The Morgan fingerprint density at radius 1 is 1.25 bits per heavy atom. The number of hydrogen-bond acceptors (Lipinski definition) is 2. The van der Waals surface area contributed by atoms with Crippen LogP contribution in [0.5, 0.6) is 0 Å². The highest BCUT2D eigenvalue weighted by Crippen LogP contribution is 2.26. The molecule has 1 saturated heterocycles. The normalized spacial score (nSPS) is 21.6. The van der Waals surface area contributed by atoms with Gasteiger partial charge in [0.2, 0.25) is 11.8 Å². The average Bonchev–Trinajstić information content (AvgIpc) is 2.42. The summed E-state index contributed by atoms with van der Waals surface area (Å²) < 4.78 is 0. The third kappa shape index (κ3) is 3.22. The predicted molar refractivity (Wildman–Crippen MR) is 81.3 cm³/mol. The molecule has 0 aromatic rings. The summed E-state index contributed by atoms with van der Waals surface area (Å²) in [5.74, 6) is 0.0651. The Morgan fingerprint density at radius 3 is 2.30 bits per heavy atom. The highest BCUT2D eigenvalue weighted by Gasteiger charge is 2.47. The van der Waals surface area contributed by atoms with Gasteiger partial charge in [0.25, 0.3) is 0 Å². The third-order valence-corrected chi connectivity index (χ3v) is 4.18. The van der Waals surface area contributed by atoms with Crippen LogP contribution in [0.3, 0.4) is 0 Å². The fourth-order valence-corrected chi connectivity index (χ4v) is 2.71. The smallest absolute Gasteiger partial charge is 0.249 e. The van der Waals surface area contributed by atoms with Crippen LogP contribution in [0.25, 0.3) is 0 Å². The summed E-state index contributed by atoms with van der Waals surface area (Å²) in [5, 5.41) is 2.98. The van der Waals surface area contributed by atoms with Crippen molar-refractivity contribution in [1.82, 2.24) is 10.2 Å². The van der Waals surface area contributed by atoms with Crippen molar-refractivity contribution in [2.24, 2.45) is 0 Å². The Hall–Kier alpha value is -1.32. The van der Waals surface area contributed by atoms with Crippen LogP contribution in [0.2, 0.25) is 0 Å². The zero-order chi connectivity index (χ0) is 15.3. The molecule has 0 saturated carbocycles. The van der Waals surface area contributed by atoms with Gasteiger partial charge in [0.15, 0.2) is 0 Å². The van der Waals surface area contributed by atoms with E-state index in [9.17, 15) is 9.59 Å². The molecular weight excluding hydrogens is 252 g/mol. The second-order valence-electron chi connectivity index (χ2n) is 5.82. The van der Waals surface area contributed by atoms with Gasteiger partial charge in [-0.3, -0.25) is 9.59 Å². The van der Waals surface area contributed by atoms with Crippen molar-refractivity contribution in [3.05, 3.63) is 11.6 Å². The molecule has 0 radical (unpaired) electrons. The molecule has 1 aliphatic heterocycles. The molecule has 1 atom stereocenters. The zero-order valence-corrected chi connectivity index (χ0v) is 13.5. The molecule has 1 aliphatic rings. The molecule has 0 spiro atoms. The van der Waals surface area contributed by atoms with Crippen molar-refractivity contribution in [2.75, 3.05) is 6.54 Å². The molecule has 0 aromatic heterocycles. The van der Waals surface area contributed by atoms with Gasteiger partial charge < -0.3 is 10.2 Å². The molecule has 1 rings (SSSR count). The number of allylic oxidation sites excluding steroid dienone is 1. The first kappa shape index (κ1) is 16.7. The van der Waals surface area contributed by atoms with Crippen molar-refractivity contribution in [1.29, 1.82) is 0 Å². The van der Waals surface area contributed by atoms with Crippen LogP contribution in [0.15, 0.2) is 11.6 Å². The summed E-state index contributed by atoms with van der Waals surface area (Å²) in [6.45, 7) is 10.5. The first-order valence-corrected chi connectivity index (χ1v) is 7.68. The van der Waals surface area contributed by atoms with E-state index in [0.29, 0.717) is 19.4 Å². The number of rotatable bonds is 6. The molecule has 0 bridgehead atoms. The summed E-state index contributed by atoms with van der Waals surface area (Å²) >= 11 is 0. The van der Waals surface area contributed by atoms with Crippen LogP contribution in [-0.4, -0.2) is 34.8 Å². The van der Waals surface area contributed by atoms with Gasteiger partial charge in [-0.15, -0.1) is 0 Å². The molecule has 1 heterocycles. The summed E-state index contributed by atoms with van der Waals surface area (Å²) in [6, 6.07) is -0.325. The monoisotopic (exact) mass is 280 g/mol. The van der Waals surface area contributed by atoms with Gasteiger partial charge in [0.1, 0.15) is 11.6 Å². The number of nitrogens with zero attached hydrogens (tertiary/aromatic N) is 1. The number of hydrogen-bond donors (Lipinski definition) is 1. The molecule has 114 valence electrons. The quantitative estimate of drug-likeness (QED) is 0.760. The Balaban J connectivity index is 3.10. The van der Waals surface area contributed by atoms with Gasteiger partial charge in [-0.2, -0.15) is 0 Å². The van der Waals surface area contributed by atoms with E-state index in [2.05, 4.69) is 5.32 Å². The molecule has 0 aromatic carbocycles. The Labute approximate surface area is 122 Å². The Kier molecular flexibility index (Phi) is 5.78. The van der Waals surface area contributed by atoms with Gasteiger partial charge in [0, 0.05) is 6.54 Å². The van der Waals surface area contributed by atoms with Crippen molar-refractivity contribution in [2.45, 2.75) is 71.9 Å². The fourth-order valence-electron chi connectivity index (χ4n) is 2.71. The zero-order valence-electron chi connectivity index (χ0n) is 13.5. The lowest BCUT2D eigenvalue weighted by atomic mass is 9.86. The molecule has 1 unspecified atom stereocenters. The lowest BCUT2D eigenvalue weighted by molar-refractivity contribution is -0.155. The minimum atomic E-state index is -0.711. The van der Waals surface area contributed by atoms with Crippen LogP contribution in [0.1, 0.15) is 60.3 Å². The fraction of sp³-hybridized carbons (Fsp3) is 0.750. The van der Waals surface area contributed by atoms with Crippen molar-refractivity contribution >= 4 is 11.8 Å². The van der Waals surface area contributed by atoms with Crippen LogP contribution >= 0.6 is 0 Å². The molecule has 1 N–H and O–H groups in total. The first-order valence-electron chi connectivity index (χ1n) is 7.68. The maximum absolute atomic E-state index is 12.8. The van der Waals surface area contributed by atoms with E-state index < -0.39 is 5.54 Å². The highest BCUT2D eigenvalue weighted by molar-refractivity contribution is 5.99. The van der Waals surface area contributed by atoms with E-state index in [1.54, 1.807) is 4.90 Å². The topological polar surface area (TPSA) is 49.4 Å². The number of carbonyl (C=O) groups is 2. The Morgan fingerprint density at radius 2 is 1.85 bits per heavy atom. The molecule has 4 nitrogen and oxygen atoms in total. The maximum Gasteiger partial charge on any atom is 0.249 e. The lowest BCUT2D eigenvalue weighted by Gasteiger charge is -2.45. The predicted octanol–water partition coefficient (Wildman–Crippen LogP) is 2.64. The number of amides is 2. The summed E-state index contributed by atoms with van der Waals surface area (Å²) in [5.41, 5.74) is 0.453. The second-order valence-corrected chi connectivity index (χ2v) is 5.82. The minimum Gasteiger partial charge on any atom is -0.340 e. The van der Waals surface area contributed by atoms with Crippen molar-refractivity contribution < 1.29 is 9.59 Å². The number of piperazine rings is 1. The van der Waals surface area contributed by atoms with E-state index in [1.165, 1.54) is 0 Å². The minimum absolute atomic E-state index is 0.00249. The molecule has 0 aliphatic carbocycles. The third-order valence-electron chi connectivity index (χ3n) is 4.18. The second kappa shape index (κ2) is 6.91. The first-order chi connectivity index (χ1) is 9.41. The van der Waals surface area contributed by atoms with Gasteiger partial charge in [-0.05, 0) is 33.1 Å². The average molecular weight is 280 g/mol. The van der Waals surface area contributed by atoms with Crippen LogP contribution in [0, 0.1) is 0 Å². The lowest BCUT2D eigenvalue weighted by Crippen LogP contribution is -2.69. The van der Waals surface area contributed by atoms with Gasteiger partial charge in [0.05, 0.1) is 0 Å². The van der Waals surface area contributed by atoms with E-state index in [0.717, 1.165) is 18.4 Å². The SMILES string of the molecule is CCCC1C(=O)NC(CC)(CC)C(=O)N1CC=C(C)C. The molecule has 1 fully saturated rings. The highest BCUT2D eigenvalue weighted by atomic mass is 16.2. The van der Waals surface area contributed by atoms with Crippen LogP contribution in [0.4, 0.5) is 0 Å². The van der Waals surface area contributed by atoms with Gasteiger partial charge in [-0.1, -0.05) is 38.8 Å². The van der Waals surface area contributed by atoms with Crippen molar-refractivity contribution in [3.8, 4) is 0 Å². The van der Waals surface area contributed by atoms with E-state index in [-0.39, 0.29) is 17.9 Å². The van der Waals surface area contributed by atoms with E-state index in [1.807, 2.05) is 40.7 Å². The molecular formula is C16H28N2O2. The van der Waals surface area contributed by atoms with E-state index >= 15 is 0 Å². The summed E-state index contributed by atoms with van der Waals surface area (Å²) in [4.78, 5) is 27.0. The van der Waals surface area contributed by atoms with Gasteiger partial charge >= 0.3 is 0 Å². The molecule has 20 heavy (non-hydrogen) atoms. The molecule has 4 heteroatoms. The summed E-state index contributed by atoms with van der Waals surface area (Å²) in [6.07, 6.45) is 4.91. The summed E-state index contributed by atoms with van der Waals surface area (Å²) in [7, 11) is 0. The van der Waals surface area contributed by atoms with Crippen molar-refractivity contribution in [3.63, 3.8) is 0 Å². The van der Waals surface area contributed by atoms with E-state index in [4.69, 9.17) is 0 Å². The van der Waals surface area contributed by atoms with Crippen LogP contribution < -0.4 is 5.32 Å². The largest absolute Gasteiger partial charge is 0.340 e. The standard InChI is InChI=1S/C16H28N2O2/c1-6-9-13-14(19)17-16(7-2,8-3)15(20)18(13)11-10-12(4)5/h10,13H,6-9,11H2,1-5H3,(H,17,19). The Bertz CT molecular complexity index is 393. The number of carbonyl (C=O) groups excluding carboxylic acids is 2. The maximum atomic E-state index is 12.8. The molecule has 2 amide bonds. The van der Waals surface area contributed by atoms with Gasteiger partial charge in [-0.25, -0.2) is 0 Å². The number of nitrogens with one attached hydrogen (secondary N) is 1. The van der Waals surface area contributed by atoms with Crippen LogP contribution in [-0.2, 0) is 9.59 Å².